The van der Waals surface area contributed by atoms with Crippen LogP contribution in [0.4, 0.5) is 5.69 Å². The fourth-order valence-electron chi connectivity index (χ4n) is 3.40. The molecule has 0 radical (unpaired) electrons. The zero-order valence-electron chi connectivity index (χ0n) is 12.9. The van der Waals surface area contributed by atoms with Gasteiger partial charge in [0.05, 0.1) is 0 Å². The summed E-state index contributed by atoms with van der Waals surface area (Å²) in [6.07, 6.45) is 7.01. The molecule has 0 bridgehead atoms. The number of hydrogen-bond donors (Lipinski definition) is 1. The van der Waals surface area contributed by atoms with Gasteiger partial charge in [0.25, 0.3) is 0 Å². The summed E-state index contributed by atoms with van der Waals surface area (Å²) in [6, 6.07) is 20.0. The van der Waals surface area contributed by atoms with Crippen molar-refractivity contribution >= 4 is 5.69 Å². The predicted octanol–water partition coefficient (Wildman–Crippen LogP) is 5.73. The van der Waals surface area contributed by atoms with Crippen LogP contribution in [0.15, 0.2) is 54.6 Å². The second-order valence-electron chi connectivity index (χ2n) is 6.27. The fourth-order valence-corrected chi connectivity index (χ4v) is 3.40. The zero-order chi connectivity index (χ0) is 14.5. The fraction of sp³-hybridized carbons (Fsp3) is 0.400. The normalized spacial score (nSPS) is 17.4. The highest BCUT2D eigenvalue weighted by Gasteiger charge is 2.19. The van der Waals surface area contributed by atoms with Crippen LogP contribution in [-0.2, 0) is 0 Å². The Labute approximate surface area is 128 Å². The summed E-state index contributed by atoms with van der Waals surface area (Å²) in [7, 11) is 0. The lowest BCUT2D eigenvalue weighted by molar-refractivity contribution is 0.328. The quantitative estimate of drug-likeness (QED) is 0.753. The largest absolute Gasteiger partial charge is 0.382 e. The molecule has 1 aliphatic rings. The van der Waals surface area contributed by atoms with Gasteiger partial charge in [-0.15, -0.1) is 0 Å². The molecular formula is C20H25N. The highest BCUT2D eigenvalue weighted by Crippen LogP contribution is 2.28. The van der Waals surface area contributed by atoms with Crippen molar-refractivity contribution in [2.24, 2.45) is 5.92 Å². The van der Waals surface area contributed by atoms with Crippen molar-refractivity contribution in [2.45, 2.75) is 45.1 Å². The van der Waals surface area contributed by atoms with Gasteiger partial charge in [0.1, 0.15) is 0 Å². The molecule has 1 atom stereocenters. The van der Waals surface area contributed by atoms with E-state index in [1.54, 1.807) is 0 Å². The molecule has 1 heteroatoms. The van der Waals surface area contributed by atoms with E-state index in [0.717, 1.165) is 5.92 Å². The first-order chi connectivity index (χ1) is 10.3. The minimum atomic E-state index is 0.577. The number of benzene rings is 2. The second kappa shape index (κ2) is 6.80. The second-order valence-corrected chi connectivity index (χ2v) is 6.27. The van der Waals surface area contributed by atoms with Crippen LogP contribution in [0.2, 0.25) is 0 Å². The first kappa shape index (κ1) is 14.2. The summed E-state index contributed by atoms with van der Waals surface area (Å²) < 4.78 is 0. The van der Waals surface area contributed by atoms with Crippen LogP contribution < -0.4 is 5.32 Å². The molecule has 110 valence electrons. The standard InChI is InChI=1S/C20H25N/c1-16(17-8-4-2-5-9-17)21-20-14-12-19(13-15-20)18-10-6-3-7-11-18/h3,6-7,10-17,21H,2,4-5,8-9H2,1H3. The Hall–Kier alpha value is -1.76. The van der Waals surface area contributed by atoms with Crippen molar-refractivity contribution in [2.75, 3.05) is 5.32 Å². The Kier molecular flexibility index (Phi) is 4.59. The van der Waals surface area contributed by atoms with Gasteiger partial charge >= 0.3 is 0 Å². The van der Waals surface area contributed by atoms with Crippen molar-refractivity contribution in [1.82, 2.24) is 0 Å². The molecule has 1 aliphatic carbocycles. The van der Waals surface area contributed by atoms with Crippen molar-refractivity contribution in [3.05, 3.63) is 54.6 Å². The number of anilines is 1. The summed E-state index contributed by atoms with van der Waals surface area (Å²) in [5.41, 5.74) is 3.81. The lowest BCUT2D eigenvalue weighted by atomic mass is 9.84. The van der Waals surface area contributed by atoms with Crippen molar-refractivity contribution in [1.29, 1.82) is 0 Å². The van der Waals surface area contributed by atoms with Crippen molar-refractivity contribution < 1.29 is 0 Å². The third kappa shape index (κ3) is 3.66. The molecule has 1 fully saturated rings. The van der Waals surface area contributed by atoms with Gasteiger partial charge in [-0.1, -0.05) is 61.7 Å². The first-order valence-corrected chi connectivity index (χ1v) is 8.25. The maximum absolute atomic E-state index is 3.69. The average molecular weight is 279 g/mol. The molecule has 0 spiro atoms. The maximum Gasteiger partial charge on any atom is 0.0342 e. The van der Waals surface area contributed by atoms with E-state index in [1.807, 2.05) is 0 Å². The van der Waals surface area contributed by atoms with Crippen LogP contribution in [0.1, 0.15) is 39.0 Å². The van der Waals surface area contributed by atoms with Crippen molar-refractivity contribution in [3.8, 4) is 11.1 Å². The van der Waals surface area contributed by atoms with E-state index in [-0.39, 0.29) is 0 Å². The first-order valence-electron chi connectivity index (χ1n) is 8.25. The van der Waals surface area contributed by atoms with E-state index in [2.05, 4.69) is 66.8 Å². The number of hydrogen-bond acceptors (Lipinski definition) is 1. The molecule has 2 aromatic rings. The minimum absolute atomic E-state index is 0.577. The van der Waals surface area contributed by atoms with Crippen LogP contribution >= 0.6 is 0 Å². The van der Waals surface area contributed by atoms with E-state index in [0.29, 0.717) is 6.04 Å². The monoisotopic (exact) mass is 279 g/mol. The molecule has 0 aromatic heterocycles. The molecule has 0 heterocycles. The van der Waals surface area contributed by atoms with E-state index >= 15 is 0 Å². The highest BCUT2D eigenvalue weighted by molar-refractivity contribution is 5.65. The molecule has 1 saturated carbocycles. The Morgan fingerprint density at radius 3 is 2.10 bits per heavy atom. The highest BCUT2D eigenvalue weighted by atomic mass is 14.9. The lowest BCUT2D eigenvalue weighted by Crippen LogP contribution is -2.27. The average Bonchev–Trinajstić information content (AvgIpc) is 2.57. The molecular weight excluding hydrogens is 254 g/mol. The summed E-state index contributed by atoms with van der Waals surface area (Å²) in [4.78, 5) is 0. The third-order valence-corrected chi connectivity index (χ3v) is 4.74. The van der Waals surface area contributed by atoms with E-state index in [9.17, 15) is 0 Å². The predicted molar refractivity (Wildman–Crippen MR) is 91.5 cm³/mol. The molecule has 1 N–H and O–H groups in total. The van der Waals surface area contributed by atoms with Gasteiger partial charge in [0, 0.05) is 11.7 Å². The minimum Gasteiger partial charge on any atom is -0.382 e. The molecule has 0 amide bonds. The van der Waals surface area contributed by atoms with Crippen LogP contribution in [0.3, 0.4) is 0 Å². The Bertz CT molecular complexity index is 538. The molecule has 1 unspecified atom stereocenters. The summed E-state index contributed by atoms with van der Waals surface area (Å²) in [6.45, 7) is 2.33. The van der Waals surface area contributed by atoms with Gasteiger partial charge in [0.15, 0.2) is 0 Å². The molecule has 1 nitrogen and oxygen atoms in total. The Balaban J connectivity index is 1.64. The van der Waals surface area contributed by atoms with Gasteiger partial charge < -0.3 is 5.32 Å². The van der Waals surface area contributed by atoms with E-state index in [4.69, 9.17) is 0 Å². The smallest absolute Gasteiger partial charge is 0.0342 e. The lowest BCUT2D eigenvalue weighted by Gasteiger charge is -2.29. The molecule has 0 saturated heterocycles. The summed E-state index contributed by atoms with van der Waals surface area (Å²) in [5, 5.41) is 3.69. The van der Waals surface area contributed by atoms with E-state index in [1.165, 1.54) is 48.9 Å². The Morgan fingerprint density at radius 2 is 1.43 bits per heavy atom. The SMILES string of the molecule is CC(Nc1ccc(-c2ccccc2)cc1)C1CCCCC1. The molecule has 3 rings (SSSR count). The maximum atomic E-state index is 3.69. The Morgan fingerprint density at radius 1 is 0.810 bits per heavy atom. The van der Waals surface area contributed by atoms with Gasteiger partial charge in [-0.3, -0.25) is 0 Å². The number of rotatable bonds is 4. The zero-order valence-corrected chi connectivity index (χ0v) is 12.9. The topological polar surface area (TPSA) is 12.0 Å². The van der Waals surface area contributed by atoms with E-state index < -0.39 is 0 Å². The van der Waals surface area contributed by atoms with Gasteiger partial charge in [-0.2, -0.15) is 0 Å². The van der Waals surface area contributed by atoms with Crippen LogP contribution in [0, 0.1) is 5.92 Å². The molecule has 21 heavy (non-hydrogen) atoms. The molecule has 2 aromatic carbocycles. The van der Waals surface area contributed by atoms with Crippen LogP contribution in [-0.4, -0.2) is 6.04 Å². The van der Waals surface area contributed by atoms with Crippen molar-refractivity contribution in [3.63, 3.8) is 0 Å². The van der Waals surface area contributed by atoms with Gasteiger partial charge in [-0.25, -0.2) is 0 Å². The van der Waals surface area contributed by atoms with Gasteiger partial charge in [0.2, 0.25) is 0 Å². The summed E-state index contributed by atoms with van der Waals surface area (Å²) >= 11 is 0. The van der Waals surface area contributed by atoms with Crippen LogP contribution in [0.25, 0.3) is 11.1 Å². The third-order valence-electron chi connectivity index (χ3n) is 4.74. The van der Waals surface area contributed by atoms with Crippen LogP contribution in [0.5, 0.6) is 0 Å². The summed E-state index contributed by atoms with van der Waals surface area (Å²) in [5.74, 6) is 0.840. The molecule has 0 aliphatic heterocycles. The number of nitrogens with one attached hydrogen (secondary N) is 1. The van der Waals surface area contributed by atoms with Gasteiger partial charge in [-0.05, 0) is 48.9 Å².